The van der Waals surface area contributed by atoms with Gasteiger partial charge in [0, 0.05) is 49.8 Å². The molecular weight excluding hydrogens is 535 g/mol. The molecule has 2 aromatic carbocycles. The van der Waals surface area contributed by atoms with Crippen LogP contribution in [0, 0.1) is 0 Å². The Morgan fingerprint density at radius 1 is 0.951 bits per heavy atom. The molecule has 0 bridgehead atoms. The maximum Gasteiger partial charge on any atom is 0.416 e. The highest BCUT2D eigenvalue weighted by Crippen LogP contribution is 2.29. The van der Waals surface area contributed by atoms with Crippen LogP contribution in [0.2, 0.25) is 0 Å². The molecule has 1 heterocycles. The van der Waals surface area contributed by atoms with E-state index in [0.717, 1.165) is 41.3 Å². The number of carbonyl (C=O) groups excluding carboxylic acids is 2. The molecule has 0 saturated carbocycles. The molecule has 1 aromatic heterocycles. The van der Waals surface area contributed by atoms with Gasteiger partial charge in [0.05, 0.1) is 19.2 Å². The first-order chi connectivity index (χ1) is 19.3. The number of carbonyl (C=O) groups is 2. The van der Waals surface area contributed by atoms with Gasteiger partial charge in [0.15, 0.2) is 0 Å². The Kier molecular flexibility index (Phi) is 10.6. The molecule has 0 fully saturated rings. The highest BCUT2D eigenvalue weighted by molar-refractivity contribution is 5.96. The molecule has 0 unspecified atom stereocenters. The van der Waals surface area contributed by atoms with Crippen LogP contribution in [0.1, 0.15) is 54.4 Å². The zero-order valence-corrected chi connectivity index (χ0v) is 24.2. The second-order valence-electron chi connectivity index (χ2n) is 10.8. The lowest BCUT2D eigenvalue weighted by molar-refractivity contribution is -0.138. The molecule has 0 saturated heterocycles. The predicted octanol–water partition coefficient (Wildman–Crippen LogP) is 5.87. The summed E-state index contributed by atoms with van der Waals surface area (Å²) in [5, 5.41) is 0. The van der Waals surface area contributed by atoms with E-state index in [4.69, 9.17) is 9.47 Å². The number of halogens is 3. The van der Waals surface area contributed by atoms with Gasteiger partial charge < -0.3 is 23.8 Å². The first-order valence-electron chi connectivity index (χ1n) is 13.4. The maximum atomic E-state index is 13.8. The van der Waals surface area contributed by atoms with E-state index in [1.807, 2.05) is 63.4 Å². The second-order valence-corrected chi connectivity index (χ2v) is 10.8. The van der Waals surface area contributed by atoms with Crippen molar-refractivity contribution in [3.05, 3.63) is 89.2 Å². The Hall–Kier alpha value is -3.79. The van der Waals surface area contributed by atoms with E-state index in [1.165, 1.54) is 12.0 Å². The molecule has 2 amide bonds. The molecule has 0 N–H and O–H groups in total. The van der Waals surface area contributed by atoms with Crippen LogP contribution >= 0.6 is 0 Å². The van der Waals surface area contributed by atoms with Crippen LogP contribution in [-0.4, -0.2) is 65.6 Å². The van der Waals surface area contributed by atoms with Crippen LogP contribution in [0.25, 0.3) is 0 Å². The van der Waals surface area contributed by atoms with E-state index in [1.54, 1.807) is 12.0 Å². The van der Waals surface area contributed by atoms with Crippen molar-refractivity contribution in [3.8, 4) is 5.75 Å². The van der Waals surface area contributed by atoms with E-state index >= 15 is 0 Å². The van der Waals surface area contributed by atoms with Gasteiger partial charge in [-0.1, -0.05) is 12.1 Å². The standard InChI is InChI=1S/C31H38F3N3O4/c1-30(2,3)37(21-26-10-7-16-35(26)20-23-9-6-11-27(19-23)41-5)28(38)22-36(17-8-18-40-4)29(39)24-12-14-25(15-13-24)31(32,33)34/h6-7,9-16,19H,8,17-18,20-22H2,1-5H3. The number of amides is 2. The third kappa shape index (κ3) is 8.85. The summed E-state index contributed by atoms with van der Waals surface area (Å²) in [5.74, 6) is -0.0308. The Bertz CT molecular complexity index is 1300. The van der Waals surface area contributed by atoms with Crippen molar-refractivity contribution in [1.29, 1.82) is 0 Å². The topological polar surface area (TPSA) is 64.0 Å². The van der Waals surface area contributed by atoms with Gasteiger partial charge in [0.25, 0.3) is 5.91 Å². The zero-order chi connectivity index (χ0) is 30.2. The third-order valence-electron chi connectivity index (χ3n) is 6.69. The van der Waals surface area contributed by atoms with Gasteiger partial charge in [-0.2, -0.15) is 13.2 Å². The van der Waals surface area contributed by atoms with Crippen LogP contribution in [0.15, 0.2) is 66.9 Å². The summed E-state index contributed by atoms with van der Waals surface area (Å²) in [4.78, 5) is 30.2. The van der Waals surface area contributed by atoms with Gasteiger partial charge in [0.1, 0.15) is 12.3 Å². The molecule has 0 atom stereocenters. The summed E-state index contributed by atoms with van der Waals surface area (Å²) in [7, 11) is 3.16. The van der Waals surface area contributed by atoms with Crippen LogP contribution in [0.3, 0.4) is 0 Å². The average molecular weight is 574 g/mol. The molecular formula is C31H38F3N3O4. The van der Waals surface area contributed by atoms with E-state index in [0.29, 0.717) is 26.1 Å². The quantitative estimate of drug-likeness (QED) is 0.254. The Morgan fingerprint density at radius 2 is 1.66 bits per heavy atom. The van der Waals surface area contributed by atoms with Gasteiger partial charge in [0.2, 0.25) is 5.91 Å². The van der Waals surface area contributed by atoms with Crippen molar-refractivity contribution in [2.24, 2.45) is 0 Å². The normalized spacial score (nSPS) is 11.8. The van der Waals surface area contributed by atoms with Gasteiger partial charge in [-0.05, 0) is 81.3 Å². The summed E-state index contributed by atoms with van der Waals surface area (Å²) in [6.45, 7) is 7.02. The summed E-state index contributed by atoms with van der Waals surface area (Å²) in [6.07, 6.45) is -2.09. The Morgan fingerprint density at radius 3 is 2.27 bits per heavy atom. The summed E-state index contributed by atoms with van der Waals surface area (Å²) < 4.78 is 51.6. The predicted molar refractivity (Wildman–Crippen MR) is 151 cm³/mol. The Balaban J connectivity index is 1.81. The van der Waals surface area contributed by atoms with Crippen LogP contribution < -0.4 is 4.74 Å². The van der Waals surface area contributed by atoms with Crippen molar-refractivity contribution in [2.45, 2.75) is 52.0 Å². The minimum atomic E-state index is -4.51. The monoisotopic (exact) mass is 573 g/mol. The molecule has 41 heavy (non-hydrogen) atoms. The molecule has 3 rings (SSSR count). The fraction of sp³-hybridized carbons (Fsp3) is 0.419. The summed E-state index contributed by atoms with van der Waals surface area (Å²) >= 11 is 0. The molecule has 0 aliphatic heterocycles. The number of ether oxygens (including phenoxy) is 2. The van der Waals surface area contributed by atoms with E-state index < -0.39 is 23.2 Å². The lowest BCUT2D eigenvalue weighted by Crippen LogP contribution is -2.50. The number of rotatable bonds is 12. The van der Waals surface area contributed by atoms with E-state index in [9.17, 15) is 22.8 Å². The summed E-state index contributed by atoms with van der Waals surface area (Å²) in [6, 6.07) is 15.7. The molecule has 7 nitrogen and oxygen atoms in total. The smallest absolute Gasteiger partial charge is 0.416 e. The van der Waals surface area contributed by atoms with Crippen molar-refractivity contribution in [3.63, 3.8) is 0 Å². The summed E-state index contributed by atoms with van der Waals surface area (Å²) in [5.41, 5.74) is 0.625. The third-order valence-corrected chi connectivity index (χ3v) is 6.69. The van der Waals surface area contributed by atoms with Crippen molar-refractivity contribution in [1.82, 2.24) is 14.4 Å². The van der Waals surface area contributed by atoms with Crippen molar-refractivity contribution in [2.75, 3.05) is 33.9 Å². The number of benzene rings is 2. The Labute approximate surface area is 239 Å². The number of alkyl halides is 3. The highest BCUT2D eigenvalue weighted by atomic mass is 19.4. The number of nitrogens with zero attached hydrogens (tertiary/aromatic N) is 3. The minimum absolute atomic E-state index is 0.0812. The van der Waals surface area contributed by atoms with Gasteiger partial charge in [-0.25, -0.2) is 0 Å². The molecule has 222 valence electrons. The second kappa shape index (κ2) is 13.7. The largest absolute Gasteiger partial charge is 0.497 e. The molecule has 0 aliphatic carbocycles. The first kappa shape index (κ1) is 31.7. The van der Waals surface area contributed by atoms with Gasteiger partial charge in [-0.15, -0.1) is 0 Å². The maximum absolute atomic E-state index is 13.8. The number of hydrogen-bond acceptors (Lipinski definition) is 4. The zero-order valence-electron chi connectivity index (χ0n) is 24.2. The fourth-order valence-electron chi connectivity index (χ4n) is 4.46. The van der Waals surface area contributed by atoms with Gasteiger partial charge in [-0.3, -0.25) is 9.59 Å². The van der Waals surface area contributed by atoms with E-state index in [-0.39, 0.29) is 24.6 Å². The first-order valence-corrected chi connectivity index (χ1v) is 13.4. The number of methoxy groups -OCH3 is 2. The number of aromatic nitrogens is 1. The van der Waals surface area contributed by atoms with Crippen LogP contribution in [-0.2, 0) is 28.8 Å². The lowest BCUT2D eigenvalue weighted by Gasteiger charge is -2.37. The molecule has 0 aliphatic rings. The van der Waals surface area contributed by atoms with Crippen molar-refractivity contribution >= 4 is 11.8 Å². The van der Waals surface area contributed by atoms with Gasteiger partial charge >= 0.3 is 6.18 Å². The molecule has 0 radical (unpaired) electrons. The average Bonchev–Trinajstić information content (AvgIpc) is 3.36. The van der Waals surface area contributed by atoms with Crippen LogP contribution in [0.4, 0.5) is 13.2 Å². The lowest BCUT2D eigenvalue weighted by atomic mass is 10.0. The minimum Gasteiger partial charge on any atom is -0.497 e. The van der Waals surface area contributed by atoms with E-state index in [2.05, 4.69) is 4.57 Å². The van der Waals surface area contributed by atoms with Crippen LogP contribution in [0.5, 0.6) is 5.75 Å². The molecule has 0 spiro atoms. The number of hydrogen-bond donors (Lipinski definition) is 0. The fourth-order valence-corrected chi connectivity index (χ4v) is 4.46. The van der Waals surface area contributed by atoms with Crippen molar-refractivity contribution < 1.29 is 32.2 Å². The highest BCUT2D eigenvalue weighted by Gasteiger charge is 2.32. The SMILES string of the molecule is COCCCN(CC(=O)N(Cc1cccn1Cc1cccc(OC)c1)C(C)(C)C)C(=O)c1ccc(C(F)(F)F)cc1. The molecule has 10 heteroatoms. The molecule has 3 aromatic rings.